The van der Waals surface area contributed by atoms with Gasteiger partial charge in [-0.2, -0.15) is 5.26 Å². The lowest BCUT2D eigenvalue weighted by molar-refractivity contribution is 0.0379. The summed E-state index contributed by atoms with van der Waals surface area (Å²) in [5.41, 5.74) is 0.242. The summed E-state index contributed by atoms with van der Waals surface area (Å²) in [6.45, 7) is 3.11. The Labute approximate surface area is 106 Å². The summed E-state index contributed by atoms with van der Waals surface area (Å²) in [6, 6.07) is 8.23. The maximum atomic E-state index is 10.7. The van der Waals surface area contributed by atoms with E-state index < -0.39 is 17.7 Å². The Balaban J connectivity index is 2.83. The van der Waals surface area contributed by atoms with Gasteiger partial charge in [0.25, 0.3) is 0 Å². The minimum absolute atomic E-state index is 0.363. The third-order valence-corrected chi connectivity index (χ3v) is 2.67. The van der Waals surface area contributed by atoms with Crippen LogP contribution in [0, 0.1) is 11.3 Å². The molecule has 1 atom stereocenters. The number of amides is 1. The van der Waals surface area contributed by atoms with E-state index in [9.17, 15) is 9.90 Å². The van der Waals surface area contributed by atoms with Crippen molar-refractivity contribution in [3.05, 3.63) is 35.4 Å². The molecule has 0 unspecified atom stereocenters. The summed E-state index contributed by atoms with van der Waals surface area (Å²) < 4.78 is 0. The van der Waals surface area contributed by atoms with Crippen LogP contribution in [0.25, 0.3) is 0 Å². The summed E-state index contributed by atoms with van der Waals surface area (Å²) in [7, 11) is 0. The van der Waals surface area contributed by atoms with Gasteiger partial charge in [0.1, 0.15) is 0 Å². The zero-order valence-electron chi connectivity index (χ0n) is 10.3. The molecule has 0 aliphatic carbocycles. The molecule has 0 aliphatic heterocycles. The van der Waals surface area contributed by atoms with Crippen LogP contribution in [0.5, 0.6) is 0 Å². The molecular formula is C13H16N2O3. The first-order valence-electron chi connectivity index (χ1n) is 5.54. The molecule has 5 nitrogen and oxygen atoms in total. The minimum atomic E-state index is -1.17. The summed E-state index contributed by atoms with van der Waals surface area (Å²) in [6.07, 6.45) is -0.808. The van der Waals surface area contributed by atoms with Gasteiger partial charge in [0.15, 0.2) is 0 Å². The number of nitrogens with one attached hydrogen (secondary N) is 1. The van der Waals surface area contributed by atoms with Crippen molar-refractivity contribution in [1.29, 1.82) is 5.26 Å². The number of carbonyl (C=O) groups is 1. The highest BCUT2D eigenvalue weighted by Gasteiger charge is 2.28. The molecule has 0 heterocycles. The van der Waals surface area contributed by atoms with Gasteiger partial charge in [0.2, 0.25) is 0 Å². The number of aliphatic hydroxyl groups is 1. The van der Waals surface area contributed by atoms with Crippen LogP contribution < -0.4 is 5.32 Å². The molecular weight excluding hydrogens is 232 g/mol. The van der Waals surface area contributed by atoms with Gasteiger partial charge in [-0.05, 0) is 38.0 Å². The summed E-state index contributed by atoms with van der Waals surface area (Å²) in [4.78, 5) is 10.7. The van der Waals surface area contributed by atoms with Crippen LogP contribution in [-0.4, -0.2) is 27.9 Å². The normalized spacial score (nSPS) is 12.6. The Morgan fingerprint density at radius 3 is 2.39 bits per heavy atom. The number of hydrogen-bond donors (Lipinski definition) is 3. The Morgan fingerprint density at radius 2 is 2.00 bits per heavy atom. The average Bonchev–Trinajstić information content (AvgIpc) is 2.27. The minimum Gasteiger partial charge on any atom is -0.465 e. The molecule has 0 saturated heterocycles. The lowest BCUT2D eigenvalue weighted by Crippen LogP contribution is -2.50. The third kappa shape index (κ3) is 4.07. The van der Waals surface area contributed by atoms with Crippen molar-refractivity contribution in [2.75, 3.05) is 0 Å². The summed E-state index contributed by atoms with van der Waals surface area (Å²) in [5.74, 6) is 0. The van der Waals surface area contributed by atoms with Crippen LogP contribution in [0.2, 0.25) is 0 Å². The van der Waals surface area contributed by atoms with Crippen LogP contribution in [0.15, 0.2) is 24.3 Å². The van der Waals surface area contributed by atoms with E-state index in [1.807, 2.05) is 6.07 Å². The van der Waals surface area contributed by atoms with E-state index in [2.05, 4.69) is 5.32 Å². The smallest absolute Gasteiger partial charge is 0.404 e. The molecule has 1 aromatic carbocycles. The van der Waals surface area contributed by atoms with Crippen molar-refractivity contribution in [3.8, 4) is 6.07 Å². The maximum absolute atomic E-state index is 10.7. The SMILES string of the molecule is CC(C)(O)[C@@H](Cc1ccc(C#N)cc1)NC(=O)O. The molecule has 18 heavy (non-hydrogen) atoms. The number of benzene rings is 1. The average molecular weight is 248 g/mol. The van der Waals surface area contributed by atoms with Crippen molar-refractivity contribution in [1.82, 2.24) is 5.32 Å². The van der Waals surface area contributed by atoms with Crippen molar-refractivity contribution >= 4 is 6.09 Å². The molecule has 0 bridgehead atoms. The molecule has 1 aromatic rings. The van der Waals surface area contributed by atoms with Crippen molar-refractivity contribution in [3.63, 3.8) is 0 Å². The van der Waals surface area contributed by atoms with Gasteiger partial charge < -0.3 is 15.5 Å². The van der Waals surface area contributed by atoms with Crippen molar-refractivity contribution < 1.29 is 15.0 Å². The van der Waals surface area contributed by atoms with Crippen LogP contribution in [0.1, 0.15) is 25.0 Å². The predicted octanol–water partition coefficient (Wildman–Crippen LogP) is 1.51. The Hall–Kier alpha value is -2.06. The van der Waals surface area contributed by atoms with Crippen molar-refractivity contribution in [2.45, 2.75) is 31.9 Å². The van der Waals surface area contributed by atoms with Crippen LogP contribution in [0.3, 0.4) is 0 Å². The molecule has 0 radical (unpaired) electrons. The van der Waals surface area contributed by atoms with E-state index >= 15 is 0 Å². The Bertz CT molecular complexity index is 455. The molecule has 1 amide bonds. The third-order valence-electron chi connectivity index (χ3n) is 2.67. The first-order valence-corrected chi connectivity index (χ1v) is 5.54. The number of nitrogens with zero attached hydrogens (tertiary/aromatic N) is 1. The molecule has 0 fully saturated rings. The lowest BCUT2D eigenvalue weighted by atomic mass is 9.92. The number of rotatable bonds is 4. The Morgan fingerprint density at radius 1 is 1.44 bits per heavy atom. The van der Waals surface area contributed by atoms with E-state index in [1.165, 1.54) is 0 Å². The zero-order chi connectivity index (χ0) is 13.8. The molecule has 96 valence electrons. The molecule has 0 saturated carbocycles. The monoisotopic (exact) mass is 248 g/mol. The fraction of sp³-hybridized carbons (Fsp3) is 0.385. The number of carboxylic acid groups (broad SMARTS) is 1. The fourth-order valence-electron chi connectivity index (χ4n) is 1.58. The second-order valence-electron chi connectivity index (χ2n) is 4.67. The molecule has 3 N–H and O–H groups in total. The Kier molecular flexibility index (Phi) is 4.29. The van der Waals surface area contributed by atoms with E-state index in [-0.39, 0.29) is 0 Å². The largest absolute Gasteiger partial charge is 0.465 e. The van der Waals surface area contributed by atoms with Crippen LogP contribution >= 0.6 is 0 Å². The summed E-state index contributed by atoms with van der Waals surface area (Å²) >= 11 is 0. The van der Waals surface area contributed by atoms with E-state index in [1.54, 1.807) is 38.1 Å². The van der Waals surface area contributed by atoms with E-state index in [4.69, 9.17) is 10.4 Å². The number of nitriles is 1. The van der Waals surface area contributed by atoms with Gasteiger partial charge in [0.05, 0.1) is 23.3 Å². The van der Waals surface area contributed by atoms with Crippen molar-refractivity contribution in [2.24, 2.45) is 0 Å². The fourth-order valence-corrected chi connectivity index (χ4v) is 1.58. The van der Waals surface area contributed by atoms with E-state index in [0.29, 0.717) is 12.0 Å². The topological polar surface area (TPSA) is 93.4 Å². The van der Waals surface area contributed by atoms with E-state index in [0.717, 1.165) is 5.56 Å². The standard InChI is InChI=1S/C13H16N2O3/c1-13(2,18)11(15-12(16)17)7-9-3-5-10(8-14)6-4-9/h3-6,11,15,18H,7H2,1-2H3,(H,16,17)/t11-/m1/s1. The highest BCUT2D eigenvalue weighted by Crippen LogP contribution is 2.15. The molecule has 0 aromatic heterocycles. The second-order valence-corrected chi connectivity index (χ2v) is 4.67. The molecule has 0 spiro atoms. The van der Waals surface area contributed by atoms with Gasteiger partial charge >= 0.3 is 6.09 Å². The predicted molar refractivity (Wildman–Crippen MR) is 66.1 cm³/mol. The summed E-state index contributed by atoms with van der Waals surface area (Å²) in [5, 5.41) is 29.6. The van der Waals surface area contributed by atoms with Gasteiger partial charge in [-0.1, -0.05) is 12.1 Å². The highest BCUT2D eigenvalue weighted by atomic mass is 16.4. The first kappa shape index (κ1) is 14.0. The lowest BCUT2D eigenvalue weighted by Gasteiger charge is -2.29. The van der Waals surface area contributed by atoms with Gasteiger partial charge in [-0.15, -0.1) is 0 Å². The van der Waals surface area contributed by atoms with Gasteiger partial charge in [-0.25, -0.2) is 4.79 Å². The van der Waals surface area contributed by atoms with Gasteiger partial charge in [-0.3, -0.25) is 0 Å². The first-order chi connectivity index (χ1) is 8.32. The number of hydrogen-bond acceptors (Lipinski definition) is 3. The zero-order valence-corrected chi connectivity index (χ0v) is 10.3. The van der Waals surface area contributed by atoms with Crippen LogP contribution in [-0.2, 0) is 6.42 Å². The highest BCUT2D eigenvalue weighted by molar-refractivity contribution is 5.65. The maximum Gasteiger partial charge on any atom is 0.404 e. The molecule has 0 aliphatic rings. The second kappa shape index (κ2) is 5.52. The van der Waals surface area contributed by atoms with Crippen LogP contribution in [0.4, 0.5) is 4.79 Å². The quantitative estimate of drug-likeness (QED) is 0.752. The van der Waals surface area contributed by atoms with Gasteiger partial charge in [0, 0.05) is 0 Å². The molecule has 1 rings (SSSR count). The molecule has 5 heteroatoms.